The van der Waals surface area contributed by atoms with Crippen LogP contribution < -0.4 is 5.32 Å². The number of ether oxygens (including phenoxy) is 1. The number of benzene rings is 1. The summed E-state index contributed by atoms with van der Waals surface area (Å²) in [4.78, 5) is 16.7. The molecule has 23 heavy (non-hydrogen) atoms. The molecule has 1 fully saturated rings. The van der Waals surface area contributed by atoms with Gasteiger partial charge in [0.05, 0.1) is 6.10 Å². The Hall–Kier alpha value is -2.20. The molecule has 0 saturated carbocycles. The van der Waals surface area contributed by atoms with Gasteiger partial charge in [0.15, 0.2) is 0 Å². The number of pyridine rings is 1. The fourth-order valence-corrected chi connectivity index (χ4v) is 2.99. The summed E-state index contributed by atoms with van der Waals surface area (Å²) in [6, 6.07) is 9.90. The molecule has 4 heteroatoms. The third-order valence-electron chi connectivity index (χ3n) is 4.52. The number of carbonyl (C=O) groups is 1. The minimum absolute atomic E-state index is 0.00126. The number of nitrogens with one attached hydrogen (secondary N) is 1. The van der Waals surface area contributed by atoms with Crippen LogP contribution in [-0.4, -0.2) is 23.5 Å². The van der Waals surface area contributed by atoms with Crippen LogP contribution in [0.15, 0.2) is 42.7 Å². The van der Waals surface area contributed by atoms with Gasteiger partial charge in [0.25, 0.3) is 5.91 Å². The molecule has 1 N–H and O–H groups in total. The van der Waals surface area contributed by atoms with E-state index in [1.54, 1.807) is 6.20 Å². The van der Waals surface area contributed by atoms with Gasteiger partial charge in [-0.25, -0.2) is 0 Å². The molecule has 3 rings (SSSR count). The highest BCUT2D eigenvalue weighted by Gasteiger charge is 2.25. The molecule has 1 aliphatic heterocycles. The number of carbonyl (C=O) groups excluding carboxylic acids is 1. The van der Waals surface area contributed by atoms with Crippen LogP contribution in [0.4, 0.5) is 0 Å². The summed E-state index contributed by atoms with van der Waals surface area (Å²) >= 11 is 0. The summed E-state index contributed by atoms with van der Waals surface area (Å²) in [6.07, 6.45) is 5.21. The predicted molar refractivity (Wildman–Crippen MR) is 89.3 cm³/mol. The van der Waals surface area contributed by atoms with Crippen LogP contribution in [-0.2, 0) is 4.74 Å². The summed E-state index contributed by atoms with van der Waals surface area (Å²) in [5.74, 6) is 0.00281. The zero-order valence-electron chi connectivity index (χ0n) is 13.6. The van der Waals surface area contributed by atoms with Crippen LogP contribution in [0.2, 0.25) is 0 Å². The molecule has 0 bridgehead atoms. The molecule has 2 aromatic rings. The molecule has 1 aromatic heterocycles. The molecule has 2 heterocycles. The highest BCUT2D eigenvalue weighted by Crippen LogP contribution is 2.27. The highest BCUT2D eigenvalue weighted by molar-refractivity contribution is 5.96. The normalized spacial score (nSPS) is 21.0. The summed E-state index contributed by atoms with van der Waals surface area (Å²) in [5, 5.41) is 3.16. The fourth-order valence-electron chi connectivity index (χ4n) is 2.99. The predicted octanol–water partition coefficient (Wildman–Crippen LogP) is 3.35. The third-order valence-corrected chi connectivity index (χ3v) is 4.52. The van der Waals surface area contributed by atoms with Crippen molar-refractivity contribution in [2.45, 2.75) is 38.8 Å². The number of hydrogen-bond donors (Lipinski definition) is 1. The van der Waals surface area contributed by atoms with E-state index in [1.165, 1.54) is 0 Å². The molecule has 1 saturated heterocycles. The molecule has 4 nitrogen and oxygen atoms in total. The van der Waals surface area contributed by atoms with Gasteiger partial charge in [-0.15, -0.1) is 0 Å². The zero-order valence-corrected chi connectivity index (χ0v) is 13.6. The number of hydrogen-bond acceptors (Lipinski definition) is 3. The molecular weight excluding hydrogens is 288 g/mol. The van der Waals surface area contributed by atoms with Crippen LogP contribution >= 0.6 is 0 Å². The maximum atomic E-state index is 12.6. The molecule has 1 aliphatic rings. The maximum absolute atomic E-state index is 12.6. The Balaban J connectivity index is 1.68. The Morgan fingerprint density at radius 2 is 2.13 bits per heavy atom. The van der Waals surface area contributed by atoms with Crippen LogP contribution in [0, 0.1) is 13.8 Å². The van der Waals surface area contributed by atoms with Crippen LogP contribution in [0.25, 0.3) is 0 Å². The molecule has 1 aromatic carbocycles. The van der Waals surface area contributed by atoms with Gasteiger partial charge in [-0.3, -0.25) is 9.78 Å². The largest absolute Gasteiger partial charge is 0.373 e. The van der Waals surface area contributed by atoms with Gasteiger partial charge >= 0.3 is 0 Å². The second kappa shape index (κ2) is 6.92. The lowest BCUT2D eigenvalue weighted by molar-refractivity contribution is 0.000721. The summed E-state index contributed by atoms with van der Waals surface area (Å²) in [7, 11) is 0. The van der Waals surface area contributed by atoms with Gasteiger partial charge < -0.3 is 10.1 Å². The van der Waals surface area contributed by atoms with Gasteiger partial charge in [-0.05, 0) is 55.5 Å². The second-order valence-corrected chi connectivity index (χ2v) is 6.09. The summed E-state index contributed by atoms with van der Waals surface area (Å²) in [6.45, 7) is 4.67. The molecule has 0 unspecified atom stereocenters. The minimum atomic E-state index is 0.00126. The Kier molecular flexibility index (Phi) is 4.72. The Bertz CT molecular complexity index is 685. The van der Waals surface area contributed by atoms with Gasteiger partial charge in [0, 0.05) is 30.6 Å². The van der Waals surface area contributed by atoms with Crippen molar-refractivity contribution in [1.82, 2.24) is 10.3 Å². The quantitative estimate of drug-likeness (QED) is 0.946. The highest BCUT2D eigenvalue weighted by atomic mass is 16.5. The van der Waals surface area contributed by atoms with Gasteiger partial charge in [0.2, 0.25) is 0 Å². The first-order valence-electron chi connectivity index (χ1n) is 8.04. The average molecular weight is 310 g/mol. The molecule has 0 aliphatic carbocycles. The minimum Gasteiger partial charge on any atom is -0.373 e. The standard InChI is InChI=1S/C19H22N2O2/c1-13-5-3-7-17(14(13)2)19(22)21-16-8-10-23-18(11-16)15-6-4-9-20-12-15/h3-7,9,12,16,18H,8,10-11H2,1-2H3,(H,21,22)/t16-,18+/m1/s1. The molecule has 2 atom stereocenters. The van der Waals surface area contributed by atoms with Crippen LogP contribution in [0.5, 0.6) is 0 Å². The van der Waals surface area contributed by atoms with Crippen molar-refractivity contribution in [3.8, 4) is 0 Å². The van der Waals surface area contributed by atoms with E-state index in [9.17, 15) is 4.79 Å². The third kappa shape index (κ3) is 3.59. The van der Waals surface area contributed by atoms with Gasteiger partial charge in [-0.1, -0.05) is 18.2 Å². The average Bonchev–Trinajstić information content (AvgIpc) is 2.58. The Labute approximate surface area is 136 Å². The molecule has 1 amide bonds. The first-order chi connectivity index (χ1) is 11.1. The second-order valence-electron chi connectivity index (χ2n) is 6.09. The van der Waals surface area contributed by atoms with E-state index in [4.69, 9.17) is 4.74 Å². The van der Waals surface area contributed by atoms with E-state index in [0.29, 0.717) is 6.61 Å². The lowest BCUT2D eigenvalue weighted by Gasteiger charge is -2.30. The zero-order chi connectivity index (χ0) is 16.2. The van der Waals surface area contributed by atoms with Crippen LogP contribution in [0.3, 0.4) is 0 Å². The number of amides is 1. The topological polar surface area (TPSA) is 51.2 Å². The summed E-state index contributed by atoms with van der Waals surface area (Å²) < 4.78 is 5.83. The maximum Gasteiger partial charge on any atom is 0.251 e. The molecule has 0 radical (unpaired) electrons. The lowest BCUT2D eigenvalue weighted by Crippen LogP contribution is -2.40. The van der Waals surface area contributed by atoms with E-state index >= 15 is 0 Å². The lowest BCUT2D eigenvalue weighted by atomic mass is 9.97. The number of rotatable bonds is 3. The van der Waals surface area contributed by atoms with E-state index in [1.807, 2.05) is 50.4 Å². The molecular formula is C19H22N2O2. The first-order valence-corrected chi connectivity index (χ1v) is 8.04. The van der Waals surface area contributed by atoms with Crippen molar-refractivity contribution >= 4 is 5.91 Å². The van der Waals surface area contributed by atoms with E-state index in [0.717, 1.165) is 35.1 Å². The number of aryl methyl sites for hydroxylation is 1. The molecule has 0 spiro atoms. The van der Waals surface area contributed by atoms with E-state index in [-0.39, 0.29) is 18.1 Å². The molecule has 120 valence electrons. The number of aromatic nitrogens is 1. The van der Waals surface area contributed by atoms with Crippen molar-refractivity contribution < 1.29 is 9.53 Å². The smallest absolute Gasteiger partial charge is 0.251 e. The van der Waals surface area contributed by atoms with Crippen LogP contribution in [0.1, 0.15) is 46.0 Å². The van der Waals surface area contributed by atoms with Crippen molar-refractivity contribution in [2.75, 3.05) is 6.61 Å². The van der Waals surface area contributed by atoms with Gasteiger partial charge in [-0.2, -0.15) is 0 Å². The van der Waals surface area contributed by atoms with Crippen molar-refractivity contribution in [2.24, 2.45) is 0 Å². The Morgan fingerprint density at radius 3 is 2.91 bits per heavy atom. The first kappa shape index (κ1) is 15.7. The Morgan fingerprint density at radius 1 is 1.26 bits per heavy atom. The monoisotopic (exact) mass is 310 g/mol. The summed E-state index contributed by atoms with van der Waals surface area (Å²) in [5.41, 5.74) is 4.01. The van der Waals surface area contributed by atoms with E-state index in [2.05, 4.69) is 10.3 Å². The van der Waals surface area contributed by atoms with Gasteiger partial charge in [0.1, 0.15) is 0 Å². The SMILES string of the molecule is Cc1cccc(C(=O)N[C@@H]2CCO[C@H](c3cccnc3)C2)c1C. The van der Waals surface area contributed by atoms with E-state index < -0.39 is 0 Å². The van der Waals surface area contributed by atoms with Crippen molar-refractivity contribution in [1.29, 1.82) is 0 Å². The van der Waals surface area contributed by atoms with Crippen molar-refractivity contribution in [3.63, 3.8) is 0 Å². The fraction of sp³-hybridized carbons (Fsp3) is 0.368. The number of nitrogens with zero attached hydrogens (tertiary/aromatic N) is 1. The van der Waals surface area contributed by atoms with Crippen molar-refractivity contribution in [3.05, 3.63) is 65.0 Å².